The molecule has 1 saturated carbocycles. The standard InChI is InChI=1S/C17H27NO2S/c1-11(10-13(19)14-7-5-9-21-14)18-15-12-6-4-8-20-16(12)17(15,2)3/h5,7,9,11-13,15-16,18-19H,4,6,8,10H2,1-3H3. The second kappa shape index (κ2) is 5.99. The lowest BCUT2D eigenvalue weighted by molar-refractivity contribution is -0.194. The minimum atomic E-state index is -0.353. The summed E-state index contributed by atoms with van der Waals surface area (Å²) in [6, 6.07) is 4.84. The number of thiophene rings is 1. The van der Waals surface area contributed by atoms with Gasteiger partial charge in [-0.05, 0) is 37.6 Å². The summed E-state index contributed by atoms with van der Waals surface area (Å²) in [5, 5.41) is 16.1. The van der Waals surface area contributed by atoms with Gasteiger partial charge in [0.1, 0.15) is 0 Å². The molecule has 5 unspecified atom stereocenters. The Morgan fingerprint density at radius 2 is 2.33 bits per heavy atom. The highest BCUT2D eigenvalue weighted by Crippen LogP contribution is 2.51. The van der Waals surface area contributed by atoms with E-state index in [-0.39, 0.29) is 11.5 Å². The number of hydrogen-bond donors (Lipinski definition) is 2. The first-order chi connectivity index (χ1) is 10.00. The number of nitrogens with one attached hydrogen (secondary N) is 1. The first-order valence-corrected chi connectivity index (χ1v) is 8.97. The van der Waals surface area contributed by atoms with Gasteiger partial charge in [0, 0.05) is 34.9 Å². The minimum Gasteiger partial charge on any atom is -0.388 e. The zero-order valence-electron chi connectivity index (χ0n) is 13.2. The number of fused-ring (bicyclic) bond motifs is 1. The third-order valence-electron chi connectivity index (χ3n) is 5.24. The van der Waals surface area contributed by atoms with Gasteiger partial charge in [-0.15, -0.1) is 11.3 Å². The van der Waals surface area contributed by atoms with Crippen molar-refractivity contribution in [1.29, 1.82) is 0 Å². The fourth-order valence-corrected chi connectivity index (χ4v) is 4.89. The first kappa shape index (κ1) is 15.5. The highest BCUT2D eigenvalue weighted by atomic mass is 32.1. The average Bonchev–Trinajstić information content (AvgIpc) is 2.99. The second-order valence-electron chi connectivity index (χ2n) is 7.23. The SMILES string of the molecule is CC(CC(O)c1cccs1)NC1C2CCCOC2C1(C)C. The van der Waals surface area contributed by atoms with E-state index in [1.807, 2.05) is 17.5 Å². The molecule has 2 N–H and O–H groups in total. The Hall–Kier alpha value is -0.420. The van der Waals surface area contributed by atoms with E-state index in [4.69, 9.17) is 4.74 Å². The summed E-state index contributed by atoms with van der Waals surface area (Å²) in [5.74, 6) is 0.648. The third-order valence-corrected chi connectivity index (χ3v) is 6.22. The van der Waals surface area contributed by atoms with Crippen molar-refractivity contribution in [3.05, 3.63) is 22.4 Å². The fraction of sp³-hybridized carbons (Fsp3) is 0.765. The van der Waals surface area contributed by atoms with Crippen LogP contribution in [0.3, 0.4) is 0 Å². The highest BCUT2D eigenvalue weighted by Gasteiger charge is 2.57. The number of rotatable bonds is 5. The van der Waals surface area contributed by atoms with Gasteiger partial charge < -0.3 is 15.2 Å². The number of aliphatic hydroxyl groups excluding tert-OH is 1. The summed E-state index contributed by atoms with van der Waals surface area (Å²) in [5.41, 5.74) is 0.202. The molecule has 0 amide bonds. The molecule has 1 aromatic rings. The van der Waals surface area contributed by atoms with Crippen LogP contribution in [0.2, 0.25) is 0 Å². The molecule has 5 atom stereocenters. The largest absolute Gasteiger partial charge is 0.388 e. The van der Waals surface area contributed by atoms with Gasteiger partial charge in [0.2, 0.25) is 0 Å². The predicted octanol–water partition coefficient (Wildman–Crippen LogP) is 3.35. The Kier molecular flexibility index (Phi) is 4.42. The number of ether oxygens (including phenoxy) is 1. The molecule has 4 heteroatoms. The van der Waals surface area contributed by atoms with Crippen LogP contribution in [0, 0.1) is 11.3 Å². The van der Waals surface area contributed by atoms with Crippen molar-refractivity contribution < 1.29 is 9.84 Å². The van der Waals surface area contributed by atoms with Gasteiger partial charge in [-0.3, -0.25) is 0 Å². The minimum absolute atomic E-state index is 0.202. The van der Waals surface area contributed by atoms with Crippen LogP contribution in [-0.2, 0) is 4.74 Å². The monoisotopic (exact) mass is 309 g/mol. The summed E-state index contributed by atoms with van der Waals surface area (Å²) in [7, 11) is 0. The molecular formula is C17H27NO2S. The second-order valence-corrected chi connectivity index (χ2v) is 8.21. The van der Waals surface area contributed by atoms with Crippen LogP contribution in [0.4, 0.5) is 0 Å². The molecule has 1 saturated heterocycles. The van der Waals surface area contributed by atoms with Gasteiger partial charge in [-0.2, -0.15) is 0 Å². The molecule has 3 rings (SSSR count). The number of hydrogen-bond acceptors (Lipinski definition) is 4. The molecule has 0 bridgehead atoms. The fourth-order valence-electron chi connectivity index (χ4n) is 4.17. The van der Waals surface area contributed by atoms with Crippen LogP contribution in [0.25, 0.3) is 0 Å². The Bertz CT molecular complexity index is 459. The summed E-state index contributed by atoms with van der Waals surface area (Å²) >= 11 is 1.63. The zero-order valence-corrected chi connectivity index (χ0v) is 14.0. The molecule has 118 valence electrons. The van der Waals surface area contributed by atoms with Crippen molar-refractivity contribution in [3.8, 4) is 0 Å². The molecule has 1 aromatic heterocycles. The van der Waals surface area contributed by atoms with Crippen molar-refractivity contribution >= 4 is 11.3 Å². The predicted molar refractivity (Wildman–Crippen MR) is 86.5 cm³/mol. The smallest absolute Gasteiger partial charge is 0.0896 e. The maximum Gasteiger partial charge on any atom is 0.0896 e. The van der Waals surface area contributed by atoms with Crippen LogP contribution in [0.5, 0.6) is 0 Å². The quantitative estimate of drug-likeness (QED) is 0.876. The lowest BCUT2D eigenvalue weighted by Gasteiger charge is -2.60. The van der Waals surface area contributed by atoms with Crippen molar-refractivity contribution in [1.82, 2.24) is 5.32 Å². The lowest BCUT2D eigenvalue weighted by atomic mass is 9.55. The zero-order chi connectivity index (χ0) is 15.0. The van der Waals surface area contributed by atoms with Gasteiger partial charge in [-0.1, -0.05) is 19.9 Å². The highest BCUT2D eigenvalue weighted by molar-refractivity contribution is 7.10. The molecule has 2 aliphatic rings. The molecule has 1 aliphatic heterocycles. The topological polar surface area (TPSA) is 41.5 Å². The third kappa shape index (κ3) is 2.91. The van der Waals surface area contributed by atoms with Crippen LogP contribution in [-0.4, -0.2) is 29.9 Å². The summed E-state index contributed by atoms with van der Waals surface area (Å²) < 4.78 is 5.96. The molecule has 21 heavy (non-hydrogen) atoms. The Balaban J connectivity index is 1.56. The van der Waals surface area contributed by atoms with E-state index in [9.17, 15) is 5.11 Å². The Labute approximate surface area is 131 Å². The molecule has 1 aliphatic carbocycles. The van der Waals surface area contributed by atoms with Crippen molar-refractivity contribution in [2.24, 2.45) is 11.3 Å². The normalized spacial score (nSPS) is 33.8. The van der Waals surface area contributed by atoms with E-state index in [2.05, 4.69) is 26.1 Å². The van der Waals surface area contributed by atoms with Crippen molar-refractivity contribution in [2.75, 3.05) is 6.61 Å². The van der Waals surface area contributed by atoms with Crippen LogP contribution in [0.15, 0.2) is 17.5 Å². The summed E-state index contributed by atoms with van der Waals surface area (Å²) in [6.45, 7) is 7.72. The first-order valence-electron chi connectivity index (χ1n) is 8.09. The molecule has 2 fully saturated rings. The molecule has 0 spiro atoms. The van der Waals surface area contributed by atoms with E-state index in [0.29, 0.717) is 24.1 Å². The van der Waals surface area contributed by atoms with Crippen LogP contribution in [0.1, 0.15) is 51.0 Å². The molecule has 3 nitrogen and oxygen atoms in total. The van der Waals surface area contributed by atoms with Crippen molar-refractivity contribution in [3.63, 3.8) is 0 Å². The maximum absolute atomic E-state index is 10.3. The van der Waals surface area contributed by atoms with E-state index in [1.54, 1.807) is 11.3 Å². The van der Waals surface area contributed by atoms with Gasteiger partial charge in [0.15, 0.2) is 0 Å². The van der Waals surface area contributed by atoms with Gasteiger partial charge >= 0.3 is 0 Å². The molecular weight excluding hydrogens is 282 g/mol. The van der Waals surface area contributed by atoms with Gasteiger partial charge in [0.25, 0.3) is 0 Å². The van der Waals surface area contributed by atoms with Gasteiger partial charge in [0.05, 0.1) is 12.2 Å². The molecule has 0 aromatic carbocycles. The average molecular weight is 309 g/mol. The van der Waals surface area contributed by atoms with Gasteiger partial charge in [-0.25, -0.2) is 0 Å². The lowest BCUT2D eigenvalue weighted by Crippen LogP contribution is -2.70. The Morgan fingerprint density at radius 1 is 1.52 bits per heavy atom. The van der Waals surface area contributed by atoms with E-state index >= 15 is 0 Å². The van der Waals surface area contributed by atoms with Crippen LogP contribution < -0.4 is 5.32 Å². The Morgan fingerprint density at radius 3 is 3.05 bits per heavy atom. The van der Waals surface area contributed by atoms with E-state index in [0.717, 1.165) is 17.9 Å². The summed E-state index contributed by atoms with van der Waals surface area (Å²) in [6.07, 6.45) is 3.28. The number of aliphatic hydroxyl groups is 1. The van der Waals surface area contributed by atoms with Crippen LogP contribution >= 0.6 is 11.3 Å². The molecule has 2 heterocycles. The van der Waals surface area contributed by atoms with E-state index < -0.39 is 0 Å². The molecule has 0 radical (unpaired) electrons. The maximum atomic E-state index is 10.3. The van der Waals surface area contributed by atoms with E-state index in [1.165, 1.54) is 12.8 Å². The van der Waals surface area contributed by atoms with Crippen molar-refractivity contribution in [2.45, 2.75) is 64.3 Å². The summed E-state index contributed by atoms with van der Waals surface area (Å²) in [4.78, 5) is 1.07.